The highest BCUT2D eigenvalue weighted by Crippen LogP contribution is 2.65. The Morgan fingerprint density at radius 1 is 0.955 bits per heavy atom. The third-order valence-electron chi connectivity index (χ3n) is 5.81. The van der Waals surface area contributed by atoms with Crippen LogP contribution >= 0.6 is 23.2 Å². The van der Waals surface area contributed by atoms with Crippen LogP contribution in [-0.4, -0.2) is 11.8 Å². The van der Waals surface area contributed by atoms with Crippen LogP contribution in [0.4, 0.5) is 5.69 Å². The van der Waals surface area contributed by atoms with E-state index in [9.17, 15) is 9.59 Å². The number of hydrogen-bond acceptors (Lipinski definition) is 2. The van der Waals surface area contributed by atoms with Gasteiger partial charge in [-0.25, -0.2) is 4.90 Å². The van der Waals surface area contributed by atoms with Crippen molar-refractivity contribution in [2.24, 2.45) is 35.5 Å². The zero-order valence-corrected chi connectivity index (χ0v) is 13.1. The molecule has 2 bridgehead atoms. The molecule has 2 amide bonds. The SMILES string of the molecule is O=C1[C@@H]2[C@@H]3C=C[C@H]([C@@H]4C[C@H]34)[C@@H]2C(=O)N1c1ccc(Cl)cc1Cl. The number of imide groups is 1. The van der Waals surface area contributed by atoms with Crippen LogP contribution in [0.2, 0.25) is 10.0 Å². The summed E-state index contributed by atoms with van der Waals surface area (Å²) in [5.74, 6) is 1.09. The number of rotatable bonds is 1. The number of benzene rings is 1. The molecule has 0 spiro atoms. The summed E-state index contributed by atoms with van der Waals surface area (Å²) in [7, 11) is 0. The predicted molar refractivity (Wildman–Crippen MR) is 83.7 cm³/mol. The second kappa shape index (κ2) is 4.15. The number of carbonyl (C=O) groups is 2. The predicted octanol–water partition coefficient (Wildman–Crippen LogP) is 3.55. The average molecular weight is 334 g/mol. The average Bonchev–Trinajstić information content (AvgIpc) is 3.26. The molecule has 1 saturated heterocycles. The van der Waals surface area contributed by atoms with Crippen molar-refractivity contribution >= 4 is 40.7 Å². The van der Waals surface area contributed by atoms with E-state index in [4.69, 9.17) is 23.2 Å². The second-order valence-electron chi connectivity index (χ2n) is 6.76. The van der Waals surface area contributed by atoms with Gasteiger partial charge in [-0.1, -0.05) is 35.4 Å². The second-order valence-corrected chi connectivity index (χ2v) is 7.61. The molecule has 5 aliphatic rings. The third-order valence-corrected chi connectivity index (χ3v) is 6.35. The van der Waals surface area contributed by atoms with E-state index in [0.29, 0.717) is 27.6 Å². The Labute approximate surface area is 137 Å². The van der Waals surface area contributed by atoms with Gasteiger partial charge in [0.2, 0.25) is 11.8 Å². The summed E-state index contributed by atoms with van der Waals surface area (Å²) >= 11 is 12.1. The highest BCUT2D eigenvalue weighted by molar-refractivity contribution is 6.38. The lowest BCUT2D eigenvalue weighted by molar-refractivity contribution is -0.124. The Hall–Kier alpha value is -1.32. The lowest BCUT2D eigenvalue weighted by Gasteiger charge is -2.37. The van der Waals surface area contributed by atoms with E-state index in [2.05, 4.69) is 12.2 Å². The Morgan fingerprint density at radius 2 is 1.55 bits per heavy atom. The quantitative estimate of drug-likeness (QED) is 0.582. The number of anilines is 1. The van der Waals surface area contributed by atoms with Crippen molar-refractivity contribution in [3.8, 4) is 0 Å². The van der Waals surface area contributed by atoms with E-state index in [-0.39, 0.29) is 35.5 Å². The van der Waals surface area contributed by atoms with Gasteiger partial charge in [0.05, 0.1) is 22.5 Å². The van der Waals surface area contributed by atoms with E-state index in [1.54, 1.807) is 18.2 Å². The molecule has 0 N–H and O–H groups in total. The number of carbonyl (C=O) groups excluding carboxylic acids is 2. The van der Waals surface area contributed by atoms with Gasteiger partial charge < -0.3 is 0 Å². The molecule has 2 saturated carbocycles. The van der Waals surface area contributed by atoms with Crippen LogP contribution in [0.3, 0.4) is 0 Å². The van der Waals surface area contributed by atoms with Gasteiger partial charge in [0.15, 0.2) is 0 Å². The first-order valence-corrected chi connectivity index (χ1v) is 8.34. The smallest absolute Gasteiger partial charge is 0.238 e. The number of halogens is 2. The maximum Gasteiger partial charge on any atom is 0.238 e. The molecule has 22 heavy (non-hydrogen) atoms. The Bertz CT molecular complexity index is 723. The van der Waals surface area contributed by atoms with Gasteiger partial charge in [0.25, 0.3) is 0 Å². The zero-order valence-electron chi connectivity index (χ0n) is 11.6. The third kappa shape index (κ3) is 1.49. The first kappa shape index (κ1) is 13.1. The monoisotopic (exact) mass is 333 g/mol. The fourth-order valence-corrected chi connectivity index (χ4v) is 5.35. The van der Waals surface area contributed by atoms with Crippen molar-refractivity contribution in [3.63, 3.8) is 0 Å². The van der Waals surface area contributed by atoms with Crippen LogP contribution in [0.1, 0.15) is 6.42 Å². The molecule has 6 rings (SSSR count). The van der Waals surface area contributed by atoms with Gasteiger partial charge in [-0.15, -0.1) is 0 Å². The van der Waals surface area contributed by atoms with Gasteiger partial charge >= 0.3 is 0 Å². The lowest BCUT2D eigenvalue weighted by Crippen LogP contribution is -2.40. The summed E-state index contributed by atoms with van der Waals surface area (Å²) in [6.07, 6.45) is 5.49. The van der Waals surface area contributed by atoms with Crippen LogP contribution in [-0.2, 0) is 9.59 Å². The summed E-state index contributed by atoms with van der Waals surface area (Å²) in [5, 5.41) is 0.839. The van der Waals surface area contributed by atoms with Crippen molar-refractivity contribution in [3.05, 3.63) is 40.4 Å². The normalized spacial score (nSPS) is 40.9. The Morgan fingerprint density at radius 3 is 2.09 bits per heavy atom. The maximum absolute atomic E-state index is 12.9. The number of nitrogens with zero attached hydrogens (tertiary/aromatic N) is 1. The van der Waals surface area contributed by atoms with Gasteiger partial charge in [-0.05, 0) is 48.3 Å². The van der Waals surface area contributed by atoms with Crippen molar-refractivity contribution < 1.29 is 9.59 Å². The summed E-state index contributed by atoms with van der Waals surface area (Å²) in [6.45, 7) is 0. The van der Waals surface area contributed by atoms with Crippen molar-refractivity contribution in [1.82, 2.24) is 0 Å². The largest absolute Gasteiger partial charge is 0.274 e. The molecule has 1 aromatic rings. The van der Waals surface area contributed by atoms with Gasteiger partial charge in [0, 0.05) is 5.02 Å². The standard InChI is InChI=1S/C17H13Cl2NO2/c18-7-1-4-13(12(19)5-7)20-16(21)14-8-2-3-9(11-6-10(8)11)15(14)17(20)22/h1-5,8-11,14-15H,6H2/t8-,9-,10-,11+,14-,15+/m1/s1. The molecule has 3 fully saturated rings. The molecular formula is C17H13Cl2NO2. The molecule has 1 aromatic carbocycles. The molecule has 1 aliphatic heterocycles. The van der Waals surface area contributed by atoms with Gasteiger partial charge in [-0.3, -0.25) is 9.59 Å². The first-order valence-electron chi connectivity index (χ1n) is 7.59. The van der Waals surface area contributed by atoms with E-state index >= 15 is 0 Å². The number of allylic oxidation sites excluding steroid dienone is 2. The van der Waals surface area contributed by atoms with Crippen molar-refractivity contribution in [2.45, 2.75) is 6.42 Å². The fraction of sp³-hybridized carbons (Fsp3) is 0.412. The van der Waals surface area contributed by atoms with E-state index in [1.807, 2.05) is 0 Å². The summed E-state index contributed by atoms with van der Waals surface area (Å²) < 4.78 is 0. The summed E-state index contributed by atoms with van der Waals surface area (Å²) in [6, 6.07) is 4.90. The van der Waals surface area contributed by atoms with Gasteiger partial charge in [-0.2, -0.15) is 0 Å². The van der Waals surface area contributed by atoms with Crippen molar-refractivity contribution in [1.29, 1.82) is 0 Å². The molecule has 112 valence electrons. The number of amides is 2. The Balaban J connectivity index is 1.60. The molecule has 4 aliphatic carbocycles. The van der Waals surface area contributed by atoms with Crippen LogP contribution in [0, 0.1) is 35.5 Å². The highest BCUT2D eigenvalue weighted by Gasteiger charge is 2.67. The zero-order chi connectivity index (χ0) is 15.2. The van der Waals surface area contributed by atoms with E-state index in [1.165, 1.54) is 4.90 Å². The van der Waals surface area contributed by atoms with Crippen LogP contribution < -0.4 is 4.90 Å². The minimum absolute atomic E-state index is 0.0936. The molecule has 1 heterocycles. The topological polar surface area (TPSA) is 37.4 Å². The van der Waals surface area contributed by atoms with Crippen molar-refractivity contribution in [2.75, 3.05) is 4.90 Å². The molecule has 0 radical (unpaired) electrons. The number of hydrogen-bond donors (Lipinski definition) is 0. The van der Waals surface area contributed by atoms with Crippen LogP contribution in [0.15, 0.2) is 30.4 Å². The van der Waals surface area contributed by atoms with Crippen LogP contribution in [0.25, 0.3) is 0 Å². The molecule has 0 aromatic heterocycles. The highest BCUT2D eigenvalue weighted by atomic mass is 35.5. The van der Waals surface area contributed by atoms with Gasteiger partial charge in [0.1, 0.15) is 0 Å². The minimum Gasteiger partial charge on any atom is -0.274 e. The molecular weight excluding hydrogens is 321 g/mol. The minimum atomic E-state index is -0.196. The first-order chi connectivity index (χ1) is 10.6. The van der Waals surface area contributed by atoms with Crippen LogP contribution in [0.5, 0.6) is 0 Å². The Kier molecular flexibility index (Phi) is 2.48. The molecule has 3 nitrogen and oxygen atoms in total. The van der Waals surface area contributed by atoms with E-state index < -0.39 is 0 Å². The lowest BCUT2D eigenvalue weighted by atomic mass is 9.63. The molecule has 6 atom stereocenters. The molecule has 0 unspecified atom stereocenters. The van der Waals surface area contributed by atoms with E-state index in [0.717, 1.165) is 6.42 Å². The molecule has 5 heteroatoms. The fourth-order valence-electron chi connectivity index (χ4n) is 4.86. The summed E-state index contributed by atoms with van der Waals surface area (Å²) in [4.78, 5) is 27.1. The maximum atomic E-state index is 12.9. The summed E-state index contributed by atoms with van der Waals surface area (Å²) in [5.41, 5.74) is 0.462.